The van der Waals surface area contributed by atoms with Gasteiger partial charge in [0.1, 0.15) is 6.29 Å². The Morgan fingerprint density at radius 1 is 1.29 bits per heavy atom. The normalized spacial score (nSPS) is 16.4. The molecule has 0 fully saturated rings. The third-order valence-corrected chi connectivity index (χ3v) is 2.00. The number of aldehydes is 1. The van der Waals surface area contributed by atoms with E-state index in [-0.39, 0.29) is 17.9 Å². The van der Waals surface area contributed by atoms with Crippen molar-refractivity contribution in [3.05, 3.63) is 0 Å². The Balaban J connectivity index is 0. The van der Waals surface area contributed by atoms with Gasteiger partial charge in [-0.2, -0.15) is 0 Å². The first kappa shape index (κ1) is 21.5. The molecule has 3 atom stereocenters. The summed E-state index contributed by atoms with van der Waals surface area (Å²) >= 11 is 7.23. The molecule has 0 heterocycles. The van der Waals surface area contributed by atoms with Crippen molar-refractivity contribution in [1.82, 2.24) is 0 Å². The molecule has 0 saturated heterocycles. The number of hydrogen-bond donors (Lipinski definition) is 0. The molecule has 0 radical (unpaired) electrons. The zero-order chi connectivity index (χ0) is 14.1. The number of carbonyl (C=O) groups is 1. The molecule has 17 heavy (non-hydrogen) atoms. The molecular weight excluding hydrogens is 600 g/mol. The van der Waals surface area contributed by atoms with Crippen molar-refractivity contribution in [2.45, 2.75) is 20.0 Å². The molecule has 7 heteroatoms. The second-order valence-corrected chi connectivity index (χ2v) is 48.6. The molecule has 104 valence electrons. The Morgan fingerprint density at radius 2 is 1.71 bits per heavy atom. The number of rotatable bonds is 6. The van der Waals surface area contributed by atoms with E-state index in [4.69, 9.17) is 9.47 Å². The molecule has 0 aromatic rings. The molecule has 0 aliphatic rings. The predicted molar refractivity (Wildman–Crippen MR) is 96.2 cm³/mol. The van der Waals surface area contributed by atoms with Gasteiger partial charge in [0, 0.05) is 26.1 Å². The average Bonchev–Trinajstić information content (AvgIpc) is 2.16. The number of halogens is 3. The SMILES string of the molecule is COCC(C)C(OC)C(C)C=O.[CH2]=[V]([I])([I])[I]. The van der Waals surface area contributed by atoms with Gasteiger partial charge in [0.2, 0.25) is 0 Å². The van der Waals surface area contributed by atoms with Crippen molar-refractivity contribution in [2.75, 3.05) is 20.8 Å². The summed E-state index contributed by atoms with van der Waals surface area (Å²) in [5, 5.41) is 3.90. The van der Waals surface area contributed by atoms with E-state index in [1.54, 1.807) is 14.2 Å². The van der Waals surface area contributed by atoms with Crippen molar-refractivity contribution >= 4 is 71.5 Å². The van der Waals surface area contributed by atoms with E-state index in [0.29, 0.717) is 6.61 Å². The van der Waals surface area contributed by atoms with Crippen LogP contribution in [0.1, 0.15) is 13.8 Å². The molecule has 0 aromatic heterocycles. The number of hydrogen-bond acceptors (Lipinski definition) is 3. The molecule has 0 N–H and O–H groups in total. The zero-order valence-corrected chi connectivity index (χ0v) is 18.4. The van der Waals surface area contributed by atoms with Gasteiger partial charge in [-0.3, -0.25) is 0 Å². The van der Waals surface area contributed by atoms with Crippen molar-refractivity contribution in [3.8, 4) is 0 Å². The Hall–Kier alpha value is 2.23. The summed E-state index contributed by atoms with van der Waals surface area (Å²) in [5.74, 6) is 0.181. The molecule has 0 aliphatic carbocycles. The Kier molecular flexibility index (Phi) is 15.2. The summed E-state index contributed by atoms with van der Waals surface area (Å²) in [7, 11) is 3.27. The van der Waals surface area contributed by atoms with E-state index in [1.807, 2.05) is 13.8 Å². The Bertz CT molecular complexity index is 237. The predicted octanol–water partition coefficient (Wildman–Crippen LogP) is 3.74. The fourth-order valence-corrected chi connectivity index (χ4v) is 1.40. The van der Waals surface area contributed by atoms with E-state index in [1.165, 1.54) is 0 Å². The summed E-state index contributed by atoms with van der Waals surface area (Å²) in [6.45, 7) is 4.49. The van der Waals surface area contributed by atoms with Crippen LogP contribution in [0.25, 0.3) is 0 Å². The van der Waals surface area contributed by atoms with Crippen molar-refractivity contribution in [3.63, 3.8) is 0 Å². The van der Waals surface area contributed by atoms with Crippen LogP contribution in [-0.4, -0.2) is 38.4 Å². The van der Waals surface area contributed by atoms with Crippen LogP contribution in [0.3, 0.4) is 0 Å². The van der Waals surface area contributed by atoms with Gasteiger partial charge in [0.25, 0.3) is 0 Å². The second-order valence-electron chi connectivity index (χ2n) is 3.68. The standard InChI is InChI=1S/C9H18O3.CH2.3HI.V/c1-7(5-10)9(12-4)8(2)6-11-3;;;;;/h5,7-9H,6H2,1-4H3;1H2;3*1H;/q;;;;;+3/p-3. The molecule has 3 nitrogen and oxygen atoms in total. The van der Waals surface area contributed by atoms with Gasteiger partial charge in [0.15, 0.2) is 0 Å². The minimum absolute atomic E-state index is 0.0394. The van der Waals surface area contributed by atoms with E-state index >= 15 is 0 Å². The summed E-state index contributed by atoms with van der Waals surface area (Å²) in [6, 6.07) is 0. The van der Waals surface area contributed by atoms with E-state index in [2.05, 4.69) is 65.2 Å². The van der Waals surface area contributed by atoms with Crippen LogP contribution < -0.4 is 0 Å². The quantitative estimate of drug-likeness (QED) is 0.336. The Labute approximate surface area is 139 Å². The minimum atomic E-state index is -1.22. The van der Waals surface area contributed by atoms with Gasteiger partial charge in [-0.1, -0.05) is 13.8 Å². The van der Waals surface area contributed by atoms with Gasteiger partial charge in [0.05, 0.1) is 12.7 Å². The molecule has 0 aliphatic heterocycles. The van der Waals surface area contributed by atoms with Gasteiger partial charge in [-0.25, -0.2) is 0 Å². The van der Waals surface area contributed by atoms with Crippen LogP contribution in [0.15, 0.2) is 0 Å². The van der Waals surface area contributed by atoms with Gasteiger partial charge in [-0.15, -0.1) is 0 Å². The van der Waals surface area contributed by atoms with Crippen LogP contribution >= 0.6 is 59.9 Å². The molecule has 3 unspecified atom stereocenters. The van der Waals surface area contributed by atoms with Gasteiger partial charge < -0.3 is 14.3 Å². The molecule has 0 rings (SSSR count). The third-order valence-electron chi connectivity index (χ3n) is 2.00. The molecule has 0 amide bonds. The second kappa shape index (κ2) is 12.0. The maximum absolute atomic E-state index is 10.5. The van der Waals surface area contributed by atoms with Crippen LogP contribution in [-0.2, 0) is 17.6 Å². The fourth-order valence-electron chi connectivity index (χ4n) is 1.40. The first-order valence-corrected chi connectivity index (χ1v) is 19.5. The summed E-state index contributed by atoms with van der Waals surface area (Å²) in [4.78, 5) is 10.5. The monoisotopic (exact) mass is 620 g/mol. The molecular formula is C10H20I3O3V. The third kappa shape index (κ3) is 16.2. The van der Waals surface area contributed by atoms with E-state index in [0.717, 1.165) is 6.29 Å². The Morgan fingerprint density at radius 3 is 1.94 bits per heavy atom. The summed E-state index contributed by atoms with van der Waals surface area (Å²) in [5.41, 5.74) is 0. The van der Waals surface area contributed by atoms with Gasteiger partial charge >= 0.3 is 68.5 Å². The molecule has 0 aromatic carbocycles. The first-order chi connectivity index (χ1) is 7.67. The van der Waals surface area contributed by atoms with Crippen LogP contribution in [0.5, 0.6) is 0 Å². The zero-order valence-electron chi connectivity index (χ0n) is 10.5. The van der Waals surface area contributed by atoms with Crippen LogP contribution in [0.4, 0.5) is 0 Å². The van der Waals surface area contributed by atoms with Crippen LogP contribution in [0, 0.1) is 11.8 Å². The summed E-state index contributed by atoms with van der Waals surface area (Å²) < 4.78 is 8.98. The van der Waals surface area contributed by atoms with Gasteiger partial charge in [-0.05, 0) is 0 Å². The molecule has 0 saturated carbocycles. The first-order valence-electron chi connectivity index (χ1n) is 4.96. The van der Waals surface area contributed by atoms with E-state index < -0.39 is 3.34 Å². The average molecular weight is 620 g/mol. The number of ether oxygens (including phenoxy) is 2. The number of methoxy groups -OCH3 is 2. The van der Waals surface area contributed by atoms with Crippen LogP contribution in [0.2, 0.25) is 0 Å². The van der Waals surface area contributed by atoms with Crippen molar-refractivity contribution in [1.29, 1.82) is 0 Å². The molecule has 0 bridgehead atoms. The fraction of sp³-hybridized carbons (Fsp3) is 0.800. The topological polar surface area (TPSA) is 35.5 Å². The maximum atomic E-state index is 10.5. The molecule has 0 spiro atoms. The number of carbonyl (C=O) groups excluding carboxylic acids is 1. The van der Waals surface area contributed by atoms with Crippen molar-refractivity contribution < 1.29 is 17.6 Å². The van der Waals surface area contributed by atoms with Crippen molar-refractivity contribution in [2.24, 2.45) is 11.8 Å². The summed E-state index contributed by atoms with van der Waals surface area (Å²) in [6.07, 6.45) is 0.878. The van der Waals surface area contributed by atoms with E-state index in [9.17, 15) is 4.79 Å².